The van der Waals surface area contributed by atoms with Crippen molar-refractivity contribution in [1.82, 2.24) is 20.4 Å². The first-order valence-corrected chi connectivity index (χ1v) is 8.65. The third kappa shape index (κ3) is 14.1. The summed E-state index contributed by atoms with van der Waals surface area (Å²) in [5, 5.41) is 6.10. The van der Waals surface area contributed by atoms with Gasteiger partial charge in [-0.1, -0.05) is 0 Å². The number of rotatable bonds is 9. The van der Waals surface area contributed by atoms with Crippen molar-refractivity contribution in [2.45, 2.75) is 39.7 Å². The molecule has 0 aromatic rings. The third-order valence-corrected chi connectivity index (χ3v) is 3.07. The molecule has 0 aromatic carbocycles. The molecule has 2 N–H and O–H groups in total. The lowest BCUT2D eigenvalue weighted by Gasteiger charge is -2.25. The van der Waals surface area contributed by atoms with Gasteiger partial charge in [-0.3, -0.25) is 9.59 Å². The molecule has 0 bridgehead atoms. The first-order chi connectivity index (χ1) is 11.6. The Labute approximate surface area is 175 Å². The average Bonchev–Trinajstić information content (AvgIpc) is 2.47. The van der Waals surface area contributed by atoms with Gasteiger partial charge in [0.1, 0.15) is 6.54 Å². The quantitative estimate of drug-likeness (QED) is 0.220. The van der Waals surface area contributed by atoms with E-state index in [0.717, 1.165) is 6.42 Å². The van der Waals surface area contributed by atoms with Crippen molar-refractivity contribution >= 4 is 41.8 Å². The minimum atomic E-state index is -0.291. The summed E-state index contributed by atoms with van der Waals surface area (Å²) >= 11 is 0. The summed E-state index contributed by atoms with van der Waals surface area (Å²) in [5.41, 5.74) is -0.291. The van der Waals surface area contributed by atoms with E-state index in [1.165, 1.54) is 4.90 Å². The molecular formula is C17H36IN5O3. The van der Waals surface area contributed by atoms with E-state index in [0.29, 0.717) is 25.7 Å². The molecule has 8 nitrogen and oxygen atoms in total. The number of hydrogen-bond acceptors (Lipinski definition) is 4. The second kappa shape index (κ2) is 14.0. The number of nitrogens with one attached hydrogen (secondary N) is 2. The predicted molar refractivity (Wildman–Crippen MR) is 116 cm³/mol. The van der Waals surface area contributed by atoms with Crippen LogP contribution >= 0.6 is 24.0 Å². The summed E-state index contributed by atoms with van der Waals surface area (Å²) in [4.78, 5) is 31.4. The molecule has 0 aliphatic rings. The smallest absolute Gasteiger partial charge is 0.243 e. The fourth-order valence-electron chi connectivity index (χ4n) is 1.86. The zero-order valence-corrected chi connectivity index (χ0v) is 19.5. The number of nitrogens with zero attached hydrogens (tertiary/aromatic N) is 3. The van der Waals surface area contributed by atoms with Gasteiger partial charge in [0.05, 0.1) is 6.54 Å². The molecule has 0 atom stereocenters. The Kier molecular flexibility index (Phi) is 14.6. The highest BCUT2D eigenvalue weighted by molar-refractivity contribution is 14.0. The molecule has 0 saturated heterocycles. The number of halogens is 1. The standard InChI is InChI=1S/C17H35N5O3.HI/c1-8-25-11-9-10-18-16(19-12-15(24)21(5)6)22(7)13-14(23)20-17(2,3)4;/h8-13H2,1-7H3,(H,18,19)(H,20,23);1H. The number of likely N-dealkylation sites (N-methyl/N-ethyl adjacent to an activating group) is 2. The predicted octanol–water partition coefficient (Wildman–Crippen LogP) is 0.911. The Bertz CT molecular complexity index is 450. The molecule has 0 radical (unpaired) electrons. The Morgan fingerprint density at radius 2 is 1.77 bits per heavy atom. The Balaban J connectivity index is 0. The van der Waals surface area contributed by atoms with Crippen molar-refractivity contribution < 1.29 is 14.3 Å². The van der Waals surface area contributed by atoms with Crippen molar-refractivity contribution in [3.8, 4) is 0 Å². The number of carbonyl (C=O) groups excluding carboxylic acids is 2. The Morgan fingerprint density at radius 3 is 2.27 bits per heavy atom. The highest BCUT2D eigenvalue weighted by Crippen LogP contribution is 1.98. The van der Waals surface area contributed by atoms with E-state index in [4.69, 9.17) is 4.74 Å². The monoisotopic (exact) mass is 485 g/mol. The maximum Gasteiger partial charge on any atom is 0.243 e. The minimum Gasteiger partial charge on any atom is -0.382 e. The number of ether oxygens (including phenoxy) is 1. The molecule has 0 spiro atoms. The molecule has 2 amide bonds. The Hall–Kier alpha value is -1.10. The highest BCUT2D eigenvalue weighted by atomic mass is 127. The second-order valence-electron chi connectivity index (χ2n) is 7.06. The molecule has 0 aliphatic carbocycles. The van der Waals surface area contributed by atoms with Crippen LogP contribution in [0.2, 0.25) is 0 Å². The highest BCUT2D eigenvalue weighted by Gasteiger charge is 2.17. The van der Waals surface area contributed by atoms with Gasteiger partial charge >= 0.3 is 0 Å². The topological polar surface area (TPSA) is 86.3 Å². The molecule has 9 heteroatoms. The van der Waals surface area contributed by atoms with Crippen molar-refractivity contribution in [1.29, 1.82) is 0 Å². The summed E-state index contributed by atoms with van der Waals surface area (Å²) in [6, 6.07) is 0. The summed E-state index contributed by atoms with van der Waals surface area (Å²) in [5.74, 6) is 0.328. The Morgan fingerprint density at radius 1 is 1.15 bits per heavy atom. The van der Waals surface area contributed by atoms with Gasteiger partial charge < -0.3 is 25.2 Å². The van der Waals surface area contributed by atoms with Gasteiger partial charge in [0.15, 0.2) is 5.96 Å². The van der Waals surface area contributed by atoms with E-state index in [2.05, 4.69) is 15.6 Å². The SMILES string of the molecule is CCOCCCNC(=NCC(=O)N(C)C)N(C)CC(=O)NC(C)(C)C.I. The van der Waals surface area contributed by atoms with Crippen molar-refractivity contribution in [3.63, 3.8) is 0 Å². The van der Waals surface area contributed by atoms with Gasteiger partial charge in [0.25, 0.3) is 0 Å². The number of aliphatic imine (C=N–C) groups is 1. The molecule has 0 fully saturated rings. The van der Waals surface area contributed by atoms with Gasteiger partial charge in [-0.2, -0.15) is 0 Å². The van der Waals surface area contributed by atoms with Crippen LogP contribution < -0.4 is 10.6 Å². The average molecular weight is 485 g/mol. The normalized spacial score (nSPS) is 11.4. The summed E-state index contributed by atoms with van der Waals surface area (Å²) < 4.78 is 5.31. The van der Waals surface area contributed by atoms with E-state index in [1.54, 1.807) is 26.0 Å². The van der Waals surface area contributed by atoms with Crippen LogP contribution in [0.25, 0.3) is 0 Å². The van der Waals surface area contributed by atoms with Crippen LogP contribution in [0.15, 0.2) is 4.99 Å². The second-order valence-corrected chi connectivity index (χ2v) is 7.06. The number of carbonyl (C=O) groups is 2. The van der Waals surface area contributed by atoms with E-state index >= 15 is 0 Å². The lowest BCUT2D eigenvalue weighted by atomic mass is 10.1. The van der Waals surface area contributed by atoms with Crippen LogP contribution in [0.5, 0.6) is 0 Å². The van der Waals surface area contributed by atoms with Crippen LogP contribution in [0.3, 0.4) is 0 Å². The molecule has 0 saturated carbocycles. The first-order valence-electron chi connectivity index (χ1n) is 8.65. The molecule has 0 aliphatic heterocycles. The van der Waals surface area contributed by atoms with E-state index in [9.17, 15) is 9.59 Å². The summed E-state index contributed by atoms with van der Waals surface area (Å²) in [7, 11) is 5.15. The number of amides is 2. The molecule has 0 unspecified atom stereocenters. The molecule has 0 aromatic heterocycles. The molecular weight excluding hydrogens is 449 g/mol. The molecule has 154 valence electrons. The van der Waals surface area contributed by atoms with Crippen molar-refractivity contribution in [2.24, 2.45) is 4.99 Å². The van der Waals surface area contributed by atoms with E-state index in [-0.39, 0.29) is 54.4 Å². The number of guanidine groups is 1. The fourth-order valence-corrected chi connectivity index (χ4v) is 1.86. The van der Waals surface area contributed by atoms with Crippen molar-refractivity contribution in [3.05, 3.63) is 0 Å². The summed E-state index contributed by atoms with van der Waals surface area (Å²) in [6.07, 6.45) is 0.816. The van der Waals surface area contributed by atoms with Crippen LogP contribution in [-0.2, 0) is 14.3 Å². The van der Waals surface area contributed by atoms with Gasteiger partial charge in [-0.25, -0.2) is 4.99 Å². The third-order valence-electron chi connectivity index (χ3n) is 3.07. The van der Waals surface area contributed by atoms with Crippen LogP contribution in [0, 0.1) is 0 Å². The first kappa shape index (κ1) is 27.1. The maximum atomic E-state index is 12.1. The molecule has 26 heavy (non-hydrogen) atoms. The van der Waals surface area contributed by atoms with Gasteiger partial charge in [-0.05, 0) is 34.1 Å². The van der Waals surface area contributed by atoms with Crippen molar-refractivity contribution in [2.75, 3.05) is 54.0 Å². The van der Waals surface area contributed by atoms with Crippen LogP contribution in [0.4, 0.5) is 0 Å². The van der Waals surface area contributed by atoms with Gasteiger partial charge in [-0.15, -0.1) is 24.0 Å². The molecule has 0 heterocycles. The van der Waals surface area contributed by atoms with Crippen LogP contribution in [-0.4, -0.2) is 87.1 Å². The minimum absolute atomic E-state index is 0. The lowest BCUT2D eigenvalue weighted by molar-refractivity contribution is -0.127. The lowest BCUT2D eigenvalue weighted by Crippen LogP contribution is -2.49. The molecule has 0 rings (SSSR count). The zero-order chi connectivity index (χ0) is 19.5. The largest absolute Gasteiger partial charge is 0.382 e. The van der Waals surface area contributed by atoms with Gasteiger partial charge in [0.2, 0.25) is 11.8 Å². The van der Waals surface area contributed by atoms with Gasteiger partial charge in [0, 0.05) is 46.4 Å². The maximum absolute atomic E-state index is 12.1. The zero-order valence-electron chi connectivity index (χ0n) is 17.2. The fraction of sp³-hybridized carbons (Fsp3) is 0.824. The van der Waals surface area contributed by atoms with E-state index < -0.39 is 0 Å². The van der Waals surface area contributed by atoms with Crippen LogP contribution in [0.1, 0.15) is 34.1 Å². The number of hydrogen-bond donors (Lipinski definition) is 2. The van der Waals surface area contributed by atoms with E-state index in [1.807, 2.05) is 27.7 Å². The summed E-state index contributed by atoms with van der Waals surface area (Å²) in [6.45, 7) is 9.93.